The number of hydrogen-bond acceptors (Lipinski definition) is 2. The van der Waals surface area contributed by atoms with Crippen LogP contribution in [0.3, 0.4) is 0 Å². The molecular formula is C15H18N2O3. The van der Waals surface area contributed by atoms with E-state index >= 15 is 0 Å². The van der Waals surface area contributed by atoms with Gasteiger partial charge in [0.25, 0.3) is 0 Å². The van der Waals surface area contributed by atoms with E-state index in [1.54, 1.807) is 0 Å². The van der Waals surface area contributed by atoms with Gasteiger partial charge < -0.3 is 15.3 Å². The third kappa shape index (κ3) is 2.35. The summed E-state index contributed by atoms with van der Waals surface area (Å²) in [5, 5.41) is 12.3. The molecule has 1 aliphatic heterocycles. The second-order valence-corrected chi connectivity index (χ2v) is 5.53. The topological polar surface area (TPSA) is 69.6 Å². The molecule has 1 heterocycles. The molecule has 1 atom stereocenters. The van der Waals surface area contributed by atoms with Crippen molar-refractivity contribution in [1.82, 2.24) is 10.2 Å². The van der Waals surface area contributed by atoms with Crippen LogP contribution in [0.15, 0.2) is 24.3 Å². The molecule has 2 amide bonds. The van der Waals surface area contributed by atoms with E-state index in [4.69, 9.17) is 0 Å². The summed E-state index contributed by atoms with van der Waals surface area (Å²) in [4.78, 5) is 25.2. The van der Waals surface area contributed by atoms with E-state index in [1.807, 2.05) is 24.3 Å². The van der Waals surface area contributed by atoms with E-state index in [0.29, 0.717) is 13.0 Å². The van der Waals surface area contributed by atoms with Gasteiger partial charge in [0.15, 0.2) is 0 Å². The number of hydrogen-bond donors (Lipinski definition) is 2. The maximum absolute atomic E-state index is 12.3. The molecule has 5 heteroatoms. The molecule has 106 valence electrons. The number of amides is 2. The normalized spacial score (nSPS) is 21.8. The van der Waals surface area contributed by atoms with Crippen molar-refractivity contribution >= 4 is 12.0 Å². The number of carboxylic acid groups (broad SMARTS) is 1. The second-order valence-electron chi connectivity index (χ2n) is 5.53. The summed E-state index contributed by atoms with van der Waals surface area (Å²) in [5.41, 5.74) is 2.06. The quantitative estimate of drug-likeness (QED) is 0.863. The monoisotopic (exact) mass is 274 g/mol. The first-order valence-electron chi connectivity index (χ1n) is 7.02. The van der Waals surface area contributed by atoms with E-state index in [0.717, 1.165) is 30.4 Å². The molecule has 0 aromatic heterocycles. The number of fused-ring (bicyclic) bond motifs is 1. The van der Waals surface area contributed by atoms with Crippen molar-refractivity contribution < 1.29 is 14.7 Å². The lowest BCUT2D eigenvalue weighted by Crippen LogP contribution is -2.55. The van der Waals surface area contributed by atoms with Gasteiger partial charge in [0.05, 0.1) is 0 Å². The molecule has 5 nitrogen and oxygen atoms in total. The zero-order valence-electron chi connectivity index (χ0n) is 11.2. The molecule has 1 fully saturated rings. The Hall–Kier alpha value is -2.04. The smallest absolute Gasteiger partial charge is 0.326 e. The van der Waals surface area contributed by atoms with Crippen LogP contribution in [-0.4, -0.2) is 34.1 Å². The summed E-state index contributed by atoms with van der Waals surface area (Å²) in [6.45, 7) is 0.367. The molecule has 1 aromatic carbocycles. The lowest BCUT2D eigenvalue weighted by atomic mass is 9.92. The van der Waals surface area contributed by atoms with Gasteiger partial charge in [-0.2, -0.15) is 0 Å². The third-order valence-electron chi connectivity index (χ3n) is 4.23. The maximum atomic E-state index is 12.3. The Morgan fingerprint density at radius 2 is 1.90 bits per heavy atom. The van der Waals surface area contributed by atoms with Crippen molar-refractivity contribution in [3.8, 4) is 0 Å². The highest BCUT2D eigenvalue weighted by Gasteiger charge is 2.35. The molecule has 2 N–H and O–H groups in total. The Balaban J connectivity index is 1.80. The standard InChI is InChI=1S/C15H18N2O3/c18-14(19)13-8-10-4-1-2-5-11(10)9-17(13)15(20)16-12-6-3-7-12/h1-2,4-5,12-13H,3,6-9H2,(H,16,20)(H,18,19). The van der Waals surface area contributed by atoms with Crippen LogP contribution < -0.4 is 5.32 Å². The van der Waals surface area contributed by atoms with Gasteiger partial charge in [0, 0.05) is 19.0 Å². The van der Waals surface area contributed by atoms with Gasteiger partial charge in [-0.25, -0.2) is 9.59 Å². The van der Waals surface area contributed by atoms with E-state index in [1.165, 1.54) is 4.90 Å². The molecule has 0 radical (unpaired) electrons. The predicted octanol–water partition coefficient (Wildman–Crippen LogP) is 1.76. The largest absolute Gasteiger partial charge is 0.480 e. The van der Waals surface area contributed by atoms with Crippen molar-refractivity contribution in [3.63, 3.8) is 0 Å². The molecule has 1 unspecified atom stereocenters. The molecule has 3 rings (SSSR count). The zero-order chi connectivity index (χ0) is 14.1. The van der Waals surface area contributed by atoms with Crippen molar-refractivity contribution in [2.75, 3.05) is 0 Å². The Morgan fingerprint density at radius 3 is 2.50 bits per heavy atom. The van der Waals surface area contributed by atoms with Gasteiger partial charge in [-0.05, 0) is 30.4 Å². The highest BCUT2D eigenvalue weighted by molar-refractivity contribution is 5.83. The number of urea groups is 1. The molecule has 1 aliphatic carbocycles. The SMILES string of the molecule is O=C(O)C1Cc2ccccc2CN1C(=O)NC1CCC1. The molecule has 20 heavy (non-hydrogen) atoms. The molecule has 1 aromatic rings. The molecule has 0 spiro atoms. The van der Waals surface area contributed by atoms with Gasteiger partial charge in [-0.3, -0.25) is 0 Å². The Bertz CT molecular complexity index is 540. The summed E-state index contributed by atoms with van der Waals surface area (Å²) in [6.07, 6.45) is 3.50. The average Bonchev–Trinajstić information content (AvgIpc) is 2.41. The van der Waals surface area contributed by atoms with Crippen LogP contribution in [0.25, 0.3) is 0 Å². The van der Waals surface area contributed by atoms with Crippen LogP contribution >= 0.6 is 0 Å². The van der Waals surface area contributed by atoms with Crippen LogP contribution in [-0.2, 0) is 17.8 Å². The van der Waals surface area contributed by atoms with Crippen LogP contribution in [0.2, 0.25) is 0 Å². The van der Waals surface area contributed by atoms with Crippen LogP contribution in [0, 0.1) is 0 Å². The predicted molar refractivity (Wildman–Crippen MR) is 73.3 cm³/mol. The number of carboxylic acids is 1. The number of rotatable bonds is 2. The fourth-order valence-electron chi connectivity index (χ4n) is 2.77. The minimum Gasteiger partial charge on any atom is -0.480 e. The minimum absolute atomic E-state index is 0.217. The summed E-state index contributed by atoms with van der Waals surface area (Å²) in [5.74, 6) is -0.941. The van der Waals surface area contributed by atoms with E-state index in [9.17, 15) is 14.7 Å². The zero-order valence-corrected chi connectivity index (χ0v) is 11.2. The molecule has 0 bridgehead atoms. The molecular weight excluding hydrogens is 256 g/mol. The van der Waals surface area contributed by atoms with Gasteiger partial charge in [-0.15, -0.1) is 0 Å². The van der Waals surface area contributed by atoms with Crippen LogP contribution in [0.1, 0.15) is 30.4 Å². The van der Waals surface area contributed by atoms with E-state index in [-0.39, 0.29) is 12.1 Å². The summed E-state index contributed by atoms with van der Waals surface area (Å²) in [6, 6.07) is 6.91. The van der Waals surface area contributed by atoms with Crippen molar-refractivity contribution in [3.05, 3.63) is 35.4 Å². The van der Waals surface area contributed by atoms with E-state index in [2.05, 4.69) is 5.32 Å². The van der Waals surface area contributed by atoms with Crippen LogP contribution in [0.4, 0.5) is 4.79 Å². The Labute approximate surface area is 117 Å². The summed E-state index contributed by atoms with van der Waals surface area (Å²) >= 11 is 0. The average molecular weight is 274 g/mol. The Kier molecular flexibility index (Phi) is 3.34. The number of nitrogens with zero attached hydrogens (tertiary/aromatic N) is 1. The fraction of sp³-hybridized carbons (Fsp3) is 0.467. The first-order valence-corrected chi connectivity index (χ1v) is 7.02. The number of carbonyl (C=O) groups excluding carboxylic acids is 1. The molecule has 2 aliphatic rings. The summed E-state index contributed by atoms with van der Waals surface area (Å²) in [7, 11) is 0. The first-order chi connectivity index (χ1) is 9.65. The highest BCUT2D eigenvalue weighted by Crippen LogP contribution is 2.25. The highest BCUT2D eigenvalue weighted by atomic mass is 16.4. The fourth-order valence-corrected chi connectivity index (χ4v) is 2.77. The lowest BCUT2D eigenvalue weighted by molar-refractivity contribution is -0.142. The third-order valence-corrected chi connectivity index (χ3v) is 4.23. The van der Waals surface area contributed by atoms with Gasteiger partial charge in [-0.1, -0.05) is 24.3 Å². The van der Waals surface area contributed by atoms with Gasteiger partial charge in [0.2, 0.25) is 0 Å². The number of aliphatic carboxylic acids is 1. The van der Waals surface area contributed by atoms with Crippen LogP contribution in [0.5, 0.6) is 0 Å². The maximum Gasteiger partial charge on any atom is 0.326 e. The van der Waals surface area contributed by atoms with Gasteiger partial charge >= 0.3 is 12.0 Å². The molecule has 1 saturated carbocycles. The Morgan fingerprint density at radius 1 is 1.20 bits per heavy atom. The minimum atomic E-state index is -0.941. The molecule has 0 saturated heterocycles. The first kappa shape index (κ1) is 13.0. The van der Waals surface area contributed by atoms with Crippen molar-refractivity contribution in [1.29, 1.82) is 0 Å². The van der Waals surface area contributed by atoms with Crippen molar-refractivity contribution in [2.45, 2.75) is 44.3 Å². The van der Waals surface area contributed by atoms with Crippen molar-refractivity contribution in [2.24, 2.45) is 0 Å². The van der Waals surface area contributed by atoms with Gasteiger partial charge in [0.1, 0.15) is 6.04 Å². The number of nitrogens with one attached hydrogen (secondary N) is 1. The number of carbonyl (C=O) groups is 2. The van der Waals surface area contributed by atoms with E-state index < -0.39 is 12.0 Å². The summed E-state index contributed by atoms with van der Waals surface area (Å²) < 4.78 is 0. The number of benzene rings is 1. The lowest BCUT2D eigenvalue weighted by Gasteiger charge is -2.37. The second kappa shape index (κ2) is 5.15.